The highest BCUT2D eigenvalue weighted by Gasteiger charge is 2.16. The van der Waals surface area contributed by atoms with Crippen molar-refractivity contribution in [1.82, 2.24) is 4.98 Å². The lowest BCUT2D eigenvalue weighted by Crippen LogP contribution is -2.36. The molecular formula is C10H14ClN3O2. The first-order valence-corrected chi connectivity index (χ1v) is 5.43. The number of hydrogen-bond donors (Lipinski definition) is 1. The van der Waals surface area contributed by atoms with Crippen LogP contribution < -0.4 is 15.4 Å². The summed E-state index contributed by atoms with van der Waals surface area (Å²) in [6.07, 6.45) is 0. The molecule has 0 atom stereocenters. The molecule has 88 valence electrons. The fourth-order valence-electron chi connectivity index (χ4n) is 1.61. The lowest BCUT2D eigenvalue weighted by Gasteiger charge is -2.28. The fraction of sp³-hybridized carbons (Fsp3) is 0.500. The summed E-state index contributed by atoms with van der Waals surface area (Å²) in [4.78, 5) is 6.33. The van der Waals surface area contributed by atoms with Gasteiger partial charge in [-0.25, -0.2) is 4.98 Å². The van der Waals surface area contributed by atoms with Crippen LogP contribution in [0.5, 0.6) is 5.75 Å². The van der Waals surface area contributed by atoms with Gasteiger partial charge in [-0.1, -0.05) is 11.6 Å². The molecule has 1 saturated heterocycles. The molecule has 1 aliphatic heterocycles. The maximum atomic E-state index is 5.94. The number of pyridine rings is 1. The highest BCUT2D eigenvalue weighted by atomic mass is 35.5. The second-order valence-electron chi connectivity index (χ2n) is 3.49. The zero-order chi connectivity index (χ0) is 11.5. The molecule has 2 heterocycles. The van der Waals surface area contributed by atoms with Crippen molar-refractivity contribution in [3.63, 3.8) is 0 Å². The number of halogens is 1. The van der Waals surface area contributed by atoms with Crippen LogP contribution in [-0.4, -0.2) is 38.4 Å². The predicted molar refractivity (Wildman–Crippen MR) is 63.2 cm³/mol. The van der Waals surface area contributed by atoms with Crippen molar-refractivity contribution >= 4 is 23.1 Å². The number of methoxy groups -OCH3 is 1. The average Bonchev–Trinajstić information content (AvgIpc) is 2.33. The number of hydrogen-bond acceptors (Lipinski definition) is 5. The van der Waals surface area contributed by atoms with Crippen LogP contribution in [-0.2, 0) is 4.74 Å². The Hall–Kier alpha value is -1.20. The maximum Gasteiger partial charge on any atom is 0.158 e. The molecule has 16 heavy (non-hydrogen) atoms. The van der Waals surface area contributed by atoms with Crippen molar-refractivity contribution in [2.75, 3.05) is 44.0 Å². The summed E-state index contributed by atoms with van der Waals surface area (Å²) in [7, 11) is 1.56. The summed E-state index contributed by atoms with van der Waals surface area (Å²) in [5.74, 6) is 1.33. The number of nitrogens with zero attached hydrogens (tertiary/aromatic N) is 2. The van der Waals surface area contributed by atoms with Crippen LogP contribution in [0, 0.1) is 0 Å². The lowest BCUT2D eigenvalue weighted by molar-refractivity contribution is 0.122. The zero-order valence-corrected chi connectivity index (χ0v) is 9.83. The van der Waals surface area contributed by atoms with Crippen molar-refractivity contribution in [3.8, 4) is 5.75 Å². The quantitative estimate of drug-likeness (QED) is 0.790. The Bertz CT molecular complexity index is 381. The van der Waals surface area contributed by atoms with E-state index in [0.717, 1.165) is 18.9 Å². The van der Waals surface area contributed by atoms with E-state index < -0.39 is 0 Å². The highest BCUT2D eigenvalue weighted by molar-refractivity contribution is 6.32. The van der Waals surface area contributed by atoms with Crippen LogP contribution in [0.2, 0.25) is 5.15 Å². The zero-order valence-electron chi connectivity index (χ0n) is 9.07. The van der Waals surface area contributed by atoms with Crippen LogP contribution in [0.15, 0.2) is 6.07 Å². The highest BCUT2D eigenvalue weighted by Crippen LogP contribution is 2.31. The molecule has 0 unspecified atom stereocenters. The van der Waals surface area contributed by atoms with Gasteiger partial charge in [0.05, 0.1) is 20.3 Å². The Kier molecular flexibility index (Phi) is 3.36. The summed E-state index contributed by atoms with van der Waals surface area (Å²) >= 11 is 5.94. The minimum Gasteiger partial charge on any atom is -0.494 e. The topological polar surface area (TPSA) is 60.6 Å². The van der Waals surface area contributed by atoms with Crippen LogP contribution in [0.3, 0.4) is 0 Å². The Morgan fingerprint density at radius 1 is 1.50 bits per heavy atom. The van der Waals surface area contributed by atoms with Gasteiger partial charge in [0.1, 0.15) is 17.3 Å². The monoisotopic (exact) mass is 243 g/mol. The standard InChI is InChI=1S/C10H14ClN3O2/c1-15-7-6-8(13-10(11)9(7)12)14-2-4-16-5-3-14/h6H,2-5,12H2,1H3. The van der Waals surface area contributed by atoms with Gasteiger partial charge in [-0.3, -0.25) is 0 Å². The molecule has 0 amide bonds. The van der Waals surface area contributed by atoms with Gasteiger partial charge in [-0.2, -0.15) is 0 Å². The largest absolute Gasteiger partial charge is 0.494 e. The normalized spacial score (nSPS) is 16.2. The van der Waals surface area contributed by atoms with Gasteiger partial charge >= 0.3 is 0 Å². The van der Waals surface area contributed by atoms with E-state index in [0.29, 0.717) is 24.7 Å². The molecule has 1 aliphatic rings. The number of morpholine rings is 1. The molecule has 0 aromatic carbocycles. The molecule has 0 aliphatic carbocycles. The van der Waals surface area contributed by atoms with E-state index in [1.54, 1.807) is 13.2 Å². The molecule has 0 saturated carbocycles. The summed E-state index contributed by atoms with van der Waals surface area (Å²) in [6, 6.07) is 1.80. The van der Waals surface area contributed by atoms with E-state index in [2.05, 4.69) is 9.88 Å². The van der Waals surface area contributed by atoms with Gasteiger partial charge in [-0.05, 0) is 0 Å². The Balaban J connectivity index is 2.29. The summed E-state index contributed by atoms with van der Waals surface area (Å²) in [6.45, 7) is 3.00. The van der Waals surface area contributed by atoms with Crippen molar-refractivity contribution in [3.05, 3.63) is 11.2 Å². The van der Waals surface area contributed by atoms with Gasteiger partial charge in [-0.15, -0.1) is 0 Å². The van der Waals surface area contributed by atoms with Crippen molar-refractivity contribution in [2.45, 2.75) is 0 Å². The van der Waals surface area contributed by atoms with Gasteiger partial charge in [0.2, 0.25) is 0 Å². The molecule has 1 aromatic heterocycles. The predicted octanol–water partition coefficient (Wildman–Crippen LogP) is 1.16. The van der Waals surface area contributed by atoms with Crippen molar-refractivity contribution in [1.29, 1.82) is 0 Å². The van der Waals surface area contributed by atoms with Crippen LogP contribution in [0.25, 0.3) is 0 Å². The molecule has 6 heteroatoms. The van der Waals surface area contributed by atoms with Crippen LogP contribution >= 0.6 is 11.6 Å². The molecular weight excluding hydrogens is 230 g/mol. The van der Waals surface area contributed by atoms with Gasteiger partial charge in [0, 0.05) is 19.2 Å². The number of aromatic nitrogens is 1. The van der Waals surface area contributed by atoms with E-state index in [1.807, 2.05) is 0 Å². The van der Waals surface area contributed by atoms with Crippen molar-refractivity contribution in [2.24, 2.45) is 0 Å². The van der Waals surface area contributed by atoms with Crippen LogP contribution in [0.4, 0.5) is 11.5 Å². The van der Waals surface area contributed by atoms with Gasteiger partial charge < -0.3 is 20.1 Å². The van der Waals surface area contributed by atoms with E-state index in [4.69, 9.17) is 26.8 Å². The Labute approximate surface area is 99.1 Å². The second kappa shape index (κ2) is 4.76. The molecule has 2 rings (SSSR count). The maximum absolute atomic E-state index is 5.94. The first-order valence-electron chi connectivity index (χ1n) is 5.05. The smallest absolute Gasteiger partial charge is 0.158 e. The second-order valence-corrected chi connectivity index (χ2v) is 3.84. The fourth-order valence-corrected chi connectivity index (χ4v) is 1.79. The number of anilines is 2. The van der Waals surface area contributed by atoms with Gasteiger partial charge in [0.15, 0.2) is 5.15 Å². The number of nitrogen functional groups attached to an aromatic ring is 1. The van der Waals surface area contributed by atoms with E-state index in [9.17, 15) is 0 Å². The first kappa shape index (κ1) is 11.3. The molecule has 5 nitrogen and oxygen atoms in total. The molecule has 0 bridgehead atoms. The number of ether oxygens (including phenoxy) is 2. The van der Waals surface area contributed by atoms with E-state index >= 15 is 0 Å². The van der Waals surface area contributed by atoms with E-state index in [1.165, 1.54) is 0 Å². The molecule has 0 radical (unpaired) electrons. The third kappa shape index (κ3) is 2.15. The minimum atomic E-state index is 0.279. The summed E-state index contributed by atoms with van der Waals surface area (Å²) in [5.41, 5.74) is 6.10. The average molecular weight is 244 g/mol. The summed E-state index contributed by atoms with van der Waals surface area (Å²) in [5, 5.41) is 0.279. The third-order valence-corrected chi connectivity index (χ3v) is 2.80. The third-order valence-electron chi connectivity index (χ3n) is 2.52. The SMILES string of the molecule is COc1cc(N2CCOCC2)nc(Cl)c1N. The summed E-state index contributed by atoms with van der Waals surface area (Å²) < 4.78 is 10.4. The van der Waals surface area contributed by atoms with Crippen molar-refractivity contribution < 1.29 is 9.47 Å². The molecule has 2 N–H and O–H groups in total. The molecule has 0 spiro atoms. The lowest BCUT2D eigenvalue weighted by atomic mass is 10.3. The number of nitrogens with two attached hydrogens (primary N) is 1. The van der Waals surface area contributed by atoms with Crippen LogP contribution in [0.1, 0.15) is 0 Å². The molecule has 1 aromatic rings. The van der Waals surface area contributed by atoms with E-state index in [-0.39, 0.29) is 5.15 Å². The number of rotatable bonds is 2. The van der Waals surface area contributed by atoms with Gasteiger partial charge in [0.25, 0.3) is 0 Å². The molecule has 1 fully saturated rings. The Morgan fingerprint density at radius 3 is 2.81 bits per heavy atom. The Morgan fingerprint density at radius 2 is 2.19 bits per heavy atom. The minimum absolute atomic E-state index is 0.279. The first-order chi connectivity index (χ1) is 7.72.